The number of hydrogen-bond acceptors (Lipinski definition) is 4. The minimum Gasteiger partial charge on any atom is -0.340 e. The summed E-state index contributed by atoms with van der Waals surface area (Å²) in [7, 11) is 0. The minimum absolute atomic E-state index is 0.0153. The normalized spacial score (nSPS) is 13.2. The van der Waals surface area contributed by atoms with Gasteiger partial charge >= 0.3 is 0 Å². The largest absolute Gasteiger partial charge is 0.340 e. The molecule has 2 N–H and O–H groups in total. The maximum Gasteiger partial charge on any atom is 0.252 e. The van der Waals surface area contributed by atoms with Gasteiger partial charge in [0.1, 0.15) is 10.8 Å². The summed E-state index contributed by atoms with van der Waals surface area (Å²) in [5.74, 6) is -1.34. The Kier molecular flexibility index (Phi) is 5.33. The zero-order valence-corrected chi connectivity index (χ0v) is 14.9. The Bertz CT molecular complexity index is 775. The van der Waals surface area contributed by atoms with E-state index >= 15 is 0 Å². The molecule has 1 atom stereocenters. The summed E-state index contributed by atoms with van der Waals surface area (Å²) in [6.45, 7) is 7.05. The number of carbonyl (C=O) groups is 2. The molecule has 2 amide bonds. The predicted molar refractivity (Wildman–Crippen MR) is 92.7 cm³/mol. The first-order valence-electron chi connectivity index (χ1n) is 7.57. The van der Waals surface area contributed by atoms with E-state index in [9.17, 15) is 14.0 Å². The number of nitrogens with zero attached hydrogens (tertiary/aromatic N) is 1. The highest BCUT2D eigenvalue weighted by Gasteiger charge is 2.30. The van der Waals surface area contributed by atoms with Gasteiger partial charge in [-0.05, 0) is 38.5 Å². The summed E-state index contributed by atoms with van der Waals surface area (Å²) in [5.41, 5.74) is 0.545. The van der Waals surface area contributed by atoms with Crippen molar-refractivity contribution < 1.29 is 14.0 Å². The highest BCUT2D eigenvalue weighted by Crippen LogP contribution is 2.28. The van der Waals surface area contributed by atoms with Crippen molar-refractivity contribution in [2.45, 2.75) is 39.7 Å². The standard InChI is InChI=1S/C17H20FN3O2S/c1-5-17(4,16-19-10(2)9-24-16)21-15(23)12-6-7-13(18)14(8-12)20-11(3)22/h6-9H,5H2,1-4H3,(H,20,22)(H,21,23)/t17-/m1/s1. The molecule has 24 heavy (non-hydrogen) atoms. The molecule has 0 saturated heterocycles. The minimum atomic E-state index is -0.613. The van der Waals surface area contributed by atoms with Crippen LogP contribution in [0.5, 0.6) is 0 Å². The average Bonchev–Trinajstić information content (AvgIpc) is 2.96. The van der Waals surface area contributed by atoms with E-state index in [0.717, 1.165) is 16.8 Å². The Morgan fingerprint density at radius 1 is 1.38 bits per heavy atom. The second-order valence-corrected chi connectivity index (χ2v) is 6.67. The van der Waals surface area contributed by atoms with E-state index in [2.05, 4.69) is 15.6 Å². The van der Waals surface area contributed by atoms with Crippen molar-refractivity contribution in [1.29, 1.82) is 0 Å². The quantitative estimate of drug-likeness (QED) is 0.866. The smallest absolute Gasteiger partial charge is 0.252 e. The molecular formula is C17H20FN3O2S. The lowest BCUT2D eigenvalue weighted by Gasteiger charge is -2.27. The molecule has 1 aromatic heterocycles. The van der Waals surface area contributed by atoms with E-state index in [-0.39, 0.29) is 17.2 Å². The number of carbonyl (C=O) groups excluding carboxylic acids is 2. The number of aromatic nitrogens is 1. The van der Waals surface area contributed by atoms with Gasteiger partial charge < -0.3 is 10.6 Å². The molecule has 0 bridgehead atoms. The maximum absolute atomic E-state index is 13.7. The van der Waals surface area contributed by atoms with Crippen LogP contribution in [0.4, 0.5) is 10.1 Å². The first kappa shape index (κ1) is 18.1. The molecule has 0 aliphatic carbocycles. The fourth-order valence-corrected chi connectivity index (χ4v) is 3.16. The van der Waals surface area contributed by atoms with Crippen molar-refractivity contribution >= 4 is 28.8 Å². The predicted octanol–water partition coefficient (Wildman–Crippen LogP) is 3.60. The summed E-state index contributed by atoms with van der Waals surface area (Å²) >= 11 is 1.49. The lowest BCUT2D eigenvalue weighted by atomic mass is 9.99. The van der Waals surface area contributed by atoms with Crippen molar-refractivity contribution in [2.75, 3.05) is 5.32 Å². The number of benzene rings is 1. The van der Waals surface area contributed by atoms with Crippen molar-refractivity contribution in [1.82, 2.24) is 10.3 Å². The van der Waals surface area contributed by atoms with Gasteiger partial charge in [0.15, 0.2) is 0 Å². The van der Waals surface area contributed by atoms with Gasteiger partial charge in [0.05, 0.1) is 11.2 Å². The van der Waals surface area contributed by atoms with Gasteiger partial charge in [0, 0.05) is 23.6 Å². The fourth-order valence-electron chi connectivity index (χ4n) is 2.18. The van der Waals surface area contributed by atoms with Crippen LogP contribution in [0.15, 0.2) is 23.6 Å². The Morgan fingerprint density at radius 2 is 2.08 bits per heavy atom. The van der Waals surface area contributed by atoms with Crippen LogP contribution >= 0.6 is 11.3 Å². The van der Waals surface area contributed by atoms with Crippen LogP contribution in [0.3, 0.4) is 0 Å². The van der Waals surface area contributed by atoms with Crippen molar-refractivity contribution in [3.63, 3.8) is 0 Å². The van der Waals surface area contributed by atoms with Crippen molar-refractivity contribution in [3.8, 4) is 0 Å². The monoisotopic (exact) mass is 349 g/mol. The number of thiazole rings is 1. The van der Waals surface area contributed by atoms with Crippen molar-refractivity contribution in [2.24, 2.45) is 0 Å². The van der Waals surface area contributed by atoms with Gasteiger partial charge in [0.2, 0.25) is 5.91 Å². The summed E-state index contributed by atoms with van der Waals surface area (Å²) in [6.07, 6.45) is 0.658. The third kappa shape index (κ3) is 3.97. The third-order valence-corrected chi connectivity index (χ3v) is 4.95. The first-order valence-corrected chi connectivity index (χ1v) is 8.45. The maximum atomic E-state index is 13.7. The van der Waals surface area contributed by atoms with Crippen LogP contribution in [0, 0.1) is 12.7 Å². The number of halogens is 1. The fraction of sp³-hybridized carbons (Fsp3) is 0.353. The summed E-state index contributed by atoms with van der Waals surface area (Å²) in [6, 6.07) is 3.88. The lowest BCUT2D eigenvalue weighted by molar-refractivity contribution is -0.114. The second kappa shape index (κ2) is 7.09. The number of anilines is 1. The molecule has 2 aromatic rings. The number of nitrogens with one attached hydrogen (secondary N) is 2. The van der Waals surface area contributed by atoms with Gasteiger partial charge in [-0.25, -0.2) is 9.37 Å². The van der Waals surface area contributed by atoms with Crippen LogP contribution in [-0.2, 0) is 10.3 Å². The molecule has 5 nitrogen and oxygen atoms in total. The molecule has 128 valence electrons. The van der Waals surface area contributed by atoms with E-state index in [4.69, 9.17) is 0 Å². The summed E-state index contributed by atoms with van der Waals surface area (Å²) in [5, 5.41) is 8.09. The zero-order valence-electron chi connectivity index (χ0n) is 14.1. The third-order valence-electron chi connectivity index (χ3n) is 3.73. The highest BCUT2D eigenvalue weighted by molar-refractivity contribution is 7.09. The first-order chi connectivity index (χ1) is 11.2. The molecule has 7 heteroatoms. The molecule has 0 fully saturated rings. The average molecular weight is 349 g/mol. The molecule has 1 heterocycles. The Labute approximate surface area is 144 Å². The van der Waals surface area contributed by atoms with Gasteiger partial charge in [0.25, 0.3) is 5.91 Å². The molecule has 0 unspecified atom stereocenters. The number of rotatable bonds is 5. The van der Waals surface area contributed by atoms with Crippen LogP contribution in [0.1, 0.15) is 48.3 Å². The zero-order chi connectivity index (χ0) is 17.9. The molecule has 0 radical (unpaired) electrons. The number of amides is 2. The van der Waals surface area contributed by atoms with Crippen molar-refractivity contribution in [3.05, 3.63) is 45.7 Å². The Hall–Kier alpha value is -2.28. The molecule has 2 rings (SSSR count). The van der Waals surface area contributed by atoms with Gasteiger partial charge in [-0.1, -0.05) is 6.92 Å². The summed E-state index contributed by atoms with van der Waals surface area (Å²) < 4.78 is 13.7. The van der Waals surface area contributed by atoms with E-state index in [0.29, 0.717) is 6.42 Å². The summed E-state index contributed by atoms with van der Waals surface area (Å²) in [4.78, 5) is 28.2. The van der Waals surface area contributed by atoms with Crippen LogP contribution in [0.25, 0.3) is 0 Å². The van der Waals surface area contributed by atoms with E-state index in [1.807, 2.05) is 26.2 Å². The molecular weight excluding hydrogens is 329 g/mol. The van der Waals surface area contributed by atoms with Crippen LogP contribution < -0.4 is 10.6 Å². The molecule has 0 saturated carbocycles. The molecule has 0 aliphatic heterocycles. The Morgan fingerprint density at radius 3 is 2.62 bits per heavy atom. The SMILES string of the molecule is CC[C@@](C)(NC(=O)c1ccc(F)c(NC(C)=O)c1)c1nc(C)cs1. The van der Waals surface area contributed by atoms with Gasteiger partial charge in [-0.15, -0.1) is 11.3 Å². The molecule has 1 aromatic carbocycles. The van der Waals surface area contributed by atoms with Gasteiger partial charge in [-0.3, -0.25) is 9.59 Å². The highest BCUT2D eigenvalue weighted by atomic mass is 32.1. The van der Waals surface area contributed by atoms with Crippen LogP contribution in [0.2, 0.25) is 0 Å². The number of aryl methyl sites for hydroxylation is 1. The lowest BCUT2D eigenvalue weighted by Crippen LogP contribution is -2.43. The van der Waals surface area contributed by atoms with E-state index in [1.165, 1.54) is 30.4 Å². The Balaban J connectivity index is 2.26. The second-order valence-electron chi connectivity index (χ2n) is 5.81. The van der Waals surface area contributed by atoms with Crippen LogP contribution in [-0.4, -0.2) is 16.8 Å². The molecule has 0 spiro atoms. The van der Waals surface area contributed by atoms with E-state index in [1.54, 1.807) is 0 Å². The van der Waals surface area contributed by atoms with E-state index < -0.39 is 17.3 Å². The molecule has 0 aliphatic rings. The van der Waals surface area contributed by atoms with Gasteiger partial charge in [-0.2, -0.15) is 0 Å². The topological polar surface area (TPSA) is 71.1 Å². The number of hydrogen-bond donors (Lipinski definition) is 2.